The molecule has 0 unspecified atom stereocenters. The molecule has 1 aliphatic carbocycles. The number of nitrogens with one attached hydrogen (secondary N) is 1. The van der Waals surface area contributed by atoms with E-state index < -0.39 is 11.5 Å². The summed E-state index contributed by atoms with van der Waals surface area (Å²) in [6, 6.07) is 8.42. The Morgan fingerprint density at radius 1 is 1.25 bits per heavy atom. The van der Waals surface area contributed by atoms with E-state index in [4.69, 9.17) is 4.74 Å². The highest BCUT2D eigenvalue weighted by Crippen LogP contribution is 2.35. The van der Waals surface area contributed by atoms with E-state index in [1.807, 2.05) is 13.8 Å². The van der Waals surface area contributed by atoms with E-state index in [0.717, 1.165) is 0 Å². The Bertz CT molecular complexity index is 1000. The summed E-state index contributed by atoms with van der Waals surface area (Å²) in [5.41, 5.74) is 0.888. The van der Waals surface area contributed by atoms with E-state index in [9.17, 15) is 14.4 Å². The fourth-order valence-corrected chi connectivity index (χ4v) is 3.54. The van der Waals surface area contributed by atoms with Gasteiger partial charge in [0.2, 0.25) is 0 Å². The van der Waals surface area contributed by atoms with Crippen LogP contribution in [-0.2, 0) is 6.42 Å². The molecule has 1 aliphatic rings. The van der Waals surface area contributed by atoms with Gasteiger partial charge in [0.05, 0.1) is 7.11 Å². The van der Waals surface area contributed by atoms with Crippen molar-refractivity contribution in [3.63, 3.8) is 0 Å². The molecule has 0 saturated carbocycles. The van der Waals surface area contributed by atoms with Crippen LogP contribution in [0.3, 0.4) is 0 Å². The van der Waals surface area contributed by atoms with Crippen LogP contribution in [0.5, 0.6) is 5.75 Å². The molecule has 0 aliphatic heterocycles. The van der Waals surface area contributed by atoms with Crippen molar-refractivity contribution >= 4 is 11.7 Å². The number of benzene rings is 1. The van der Waals surface area contributed by atoms with Crippen LogP contribution in [0.15, 0.2) is 47.8 Å². The Hall–Kier alpha value is -3.15. The fraction of sp³-hybridized carbons (Fsp3) is 0.318. The zero-order chi connectivity index (χ0) is 20.5. The number of ether oxygens (including phenoxy) is 1. The molecule has 3 rings (SSSR count). The first-order chi connectivity index (χ1) is 13.3. The van der Waals surface area contributed by atoms with E-state index in [1.165, 1.54) is 16.7 Å². The van der Waals surface area contributed by atoms with Crippen LogP contribution in [0.4, 0.5) is 0 Å². The van der Waals surface area contributed by atoms with Crippen LogP contribution < -0.4 is 15.6 Å². The van der Waals surface area contributed by atoms with E-state index in [1.54, 1.807) is 31.4 Å². The molecule has 0 saturated heterocycles. The second-order valence-corrected chi connectivity index (χ2v) is 7.70. The topological polar surface area (TPSA) is 77.4 Å². The van der Waals surface area contributed by atoms with Crippen LogP contribution in [0.2, 0.25) is 0 Å². The van der Waals surface area contributed by atoms with Crippen molar-refractivity contribution in [2.75, 3.05) is 13.7 Å². The van der Waals surface area contributed by atoms with Crippen LogP contribution in [0, 0.1) is 5.41 Å². The van der Waals surface area contributed by atoms with E-state index in [2.05, 4.69) is 11.9 Å². The summed E-state index contributed by atoms with van der Waals surface area (Å²) in [4.78, 5) is 38.6. The quantitative estimate of drug-likeness (QED) is 0.809. The third-order valence-electron chi connectivity index (χ3n) is 4.87. The van der Waals surface area contributed by atoms with Gasteiger partial charge in [0.1, 0.15) is 11.3 Å². The average molecular weight is 380 g/mol. The second-order valence-electron chi connectivity index (χ2n) is 7.70. The zero-order valence-corrected chi connectivity index (χ0v) is 16.4. The Morgan fingerprint density at radius 3 is 2.54 bits per heavy atom. The molecule has 1 heterocycles. The third kappa shape index (κ3) is 3.63. The van der Waals surface area contributed by atoms with Crippen LogP contribution in [0.25, 0.3) is 5.69 Å². The average Bonchev–Trinajstić information content (AvgIpc) is 2.65. The van der Waals surface area contributed by atoms with Crippen molar-refractivity contribution in [3.8, 4) is 11.4 Å². The number of aromatic nitrogens is 1. The second kappa shape index (κ2) is 7.46. The summed E-state index contributed by atoms with van der Waals surface area (Å²) in [6.07, 6.45) is 2.46. The standard InChI is InChI=1S/C22H24N2O4/c1-5-10-23-20(26)17-11-16-18(12-22(2,3)13-19(16)25)24(21(17)27)14-6-8-15(28-4)9-7-14/h5-9,11H,1,10,12-13H2,2-4H3,(H,23,26). The Balaban J connectivity index is 2.26. The van der Waals surface area contributed by atoms with E-state index in [0.29, 0.717) is 35.5 Å². The summed E-state index contributed by atoms with van der Waals surface area (Å²) < 4.78 is 6.67. The number of fused-ring (bicyclic) bond motifs is 1. The molecule has 1 aromatic heterocycles. The highest BCUT2D eigenvalue weighted by molar-refractivity contribution is 6.02. The van der Waals surface area contributed by atoms with Gasteiger partial charge in [-0.05, 0) is 42.2 Å². The molecule has 28 heavy (non-hydrogen) atoms. The van der Waals surface area contributed by atoms with Gasteiger partial charge in [-0.25, -0.2) is 0 Å². The highest BCUT2D eigenvalue weighted by Gasteiger charge is 2.35. The van der Waals surface area contributed by atoms with Crippen molar-refractivity contribution < 1.29 is 14.3 Å². The molecule has 1 N–H and O–H groups in total. The lowest BCUT2D eigenvalue weighted by Gasteiger charge is -2.32. The van der Waals surface area contributed by atoms with Crippen LogP contribution >= 0.6 is 0 Å². The summed E-state index contributed by atoms with van der Waals surface area (Å²) in [5, 5.41) is 2.62. The summed E-state index contributed by atoms with van der Waals surface area (Å²) in [6.45, 7) is 7.80. The lowest BCUT2D eigenvalue weighted by Crippen LogP contribution is -2.38. The first-order valence-corrected chi connectivity index (χ1v) is 9.13. The molecule has 0 bridgehead atoms. The van der Waals surface area contributed by atoms with Crippen molar-refractivity contribution in [3.05, 3.63) is 70.2 Å². The van der Waals surface area contributed by atoms with Crippen LogP contribution in [0.1, 0.15) is 46.7 Å². The molecule has 0 fully saturated rings. The normalized spacial score (nSPS) is 14.9. The predicted molar refractivity (Wildman–Crippen MR) is 108 cm³/mol. The number of rotatable bonds is 5. The Labute approximate surface area is 163 Å². The first kappa shape index (κ1) is 19.6. The number of carbonyl (C=O) groups excluding carboxylic acids is 2. The number of ketones is 1. The van der Waals surface area contributed by atoms with Gasteiger partial charge in [-0.2, -0.15) is 0 Å². The minimum absolute atomic E-state index is 0.0514. The van der Waals surface area contributed by atoms with Crippen molar-refractivity contribution in [1.29, 1.82) is 0 Å². The number of methoxy groups -OCH3 is 1. The fourth-order valence-electron chi connectivity index (χ4n) is 3.54. The lowest BCUT2D eigenvalue weighted by molar-refractivity contribution is 0.0908. The molecule has 2 aromatic rings. The van der Waals surface area contributed by atoms with Gasteiger partial charge in [-0.15, -0.1) is 6.58 Å². The number of amides is 1. The maximum Gasteiger partial charge on any atom is 0.268 e. The zero-order valence-electron chi connectivity index (χ0n) is 16.4. The summed E-state index contributed by atoms with van der Waals surface area (Å²) in [5.74, 6) is 0.0702. The molecule has 0 radical (unpaired) electrons. The molecule has 1 amide bonds. The van der Waals surface area contributed by atoms with E-state index in [-0.39, 0.29) is 23.3 Å². The number of hydrogen-bond donors (Lipinski definition) is 1. The van der Waals surface area contributed by atoms with Gasteiger partial charge < -0.3 is 10.1 Å². The summed E-state index contributed by atoms with van der Waals surface area (Å²) in [7, 11) is 1.56. The van der Waals surface area contributed by atoms with Gasteiger partial charge in [0, 0.05) is 29.9 Å². The minimum atomic E-state index is -0.521. The van der Waals surface area contributed by atoms with Crippen molar-refractivity contribution in [1.82, 2.24) is 9.88 Å². The number of hydrogen-bond acceptors (Lipinski definition) is 4. The van der Waals surface area contributed by atoms with Crippen molar-refractivity contribution in [2.45, 2.75) is 26.7 Å². The molecule has 6 heteroatoms. The minimum Gasteiger partial charge on any atom is -0.497 e. The Kier molecular flexibility index (Phi) is 5.23. The smallest absolute Gasteiger partial charge is 0.268 e. The van der Waals surface area contributed by atoms with Gasteiger partial charge in [-0.3, -0.25) is 19.0 Å². The lowest BCUT2D eigenvalue weighted by atomic mass is 9.75. The van der Waals surface area contributed by atoms with Gasteiger partial charge in [0.25, 0.3) is 11.5 Å². The van der Waals surface area contributed by atoms with E-state index >= 15 is 0 Å². The molecular weight excluding hydrogens is 356 g/mol. The maximum atomic E-state index is 13.3. The molecular formula is C22H24N2O4. The number of carbonyl (C=O) groups is 2. The van der Waals surface area contributed by atoms with Gasteiger partial charge in [-0.1, -0.05) is 19.9 Å². The highest BCUT2D eigenvalue weighted by atomic mass is 16.5. The maximum absolute atomic E-state index is 13.3. The Morgan fingerprint density at radius 2 is 1.93 bits per heavy atom. The summed E-state index contributed by atoms with van der Waals surface area (Å²) >= 11 is 0. The van der Waals surface area contributed by atoms with Gasteiger partial charge >= 0.3 is 0 Å². The number of pyridine rings is 1. The van der Waals surface area contributed by atoms with Gasteiger partial charge in [0.15, 0.2) is 5.78 Å². The van der Waals surface area contributed by atoms with Crippen LogP contribution in [-0.4, -0.2) is 29.9 Å². The molecule has 0 spiro atoms. The first-order valence-electron chi connectivity index (χ1n) is 9.13. The molecule has 0 atom stereocenters. The molecule has 146 valence electrons. The monoisotopic (exact) mass is 380 g/mol. The predicted octanol–water partition coefficient (Wildman–Crippen LogP) is 2.92. The molecule has 1 aromatic carbocycles. The van der Waals surface area contributed by atoms with Crippen molar-refractivity contribution in [2.24, 2.45) is 5.41 Å². The number of Topliss-reactive ketones (excluding diaryl/α,β-unsaturated/α-hetero) is 1. The largest absolute Gasteiger partial charge is 0.497 e. The SMILES string of the molecule is C=CCNC(=O)c1cc2c(n(-c3ccc(OC)cc3)c1=O)CC(C)(C)CC2=O. The third-order valence-corrected chi connectivity index (χ3v) is 4.87. The number of nitrogens with zero attached hydrogens (tertiary/aromatic N) is 1. The molecule has 6 nitrogen and oxygen atoms in total.